The van der Waals surface area contributed by atoms with Gasteiger partial charge in [0.05, 0.1) is 29.8 Å². The van der Waals surface area contributed by atoms with E-state index in [4.69, 9.17) is 24.7 Å². The summed E-state index contributed by atoms with van der Waals surface area (Å²) < 4.78 is 10.5. The molecule has 0 spiro atoms. The highest BCUT2D eigenvalue weighted by atomic mass is 16.5. The Morgan fingerprint density at radius 3 is 2.56 bits per heavy atom. The molecule has 1 unspecified atom stereocenters. The van der Waals surface area contributed by atoms with Crippen LogP contribution < -0.4 is 4.90 Å². The number of rotatable bonds is 5. The molecule has 10 nitrogen and oxygen atoms in total. The second-order valence-corrected chi connectivity index (χ2v) is 11.4. The number of aromatic nitrogens is 6. The van der Waals surface area contributed by atoms with Gasteiger partial charge in [-0.25, -0.2) is 15.0 Å². The monoisotopic (exact) mass is 531 g/mol. The van der Waals surface area contributed by atoms with Gasteiger partial charge < -0.3 is 24.4 Å². The first-order chi connectivity index (χ1) is 19.2. The van der Waals surface area contributed by atoms with E-state index in [0.29, 0.717) is 31.5 Å². The summed E-state index contributed by atoms with van der Waals surface area (Å²) in [5.41, 5.74) is 5.31. The molecule has 39 heavy (non-hydrogen) atoms. The van der Waals surface area contributed by atoms with Crippen molar-refractivity contribution in [3.8, 4) is 11.3 Å². The highest BCUT2D eigenvalue weighted by molar-refractivity contribution is 5.91. The Balaban J connectivity index is 1.31. The van der Waals surface area contributed by atoms with Gasteiger partial charge in [0.25, 0.3) is 0 Å². The van der Waals surface area contributed by atoms with Crippen molar-refractivity contribution in [2.75, 3.05) is 31.2 Å². The van der Waals surface area contributed by atoms with E-state index in [1.54, 1.807) is 0 Å². The number of piperidine rings is 1. The molecule has 1 aliphatic carbocycles. The minimum Gasteiger partial charge on any atom is -0.396 e. The van der Waals surface area contributed by atoms with Crippen LogP contribution >= 0.6 is 0 Å². The van der Waals surface area contributed by atoms with Gasteiger partial charge in [-0.1, -0.05) is 25.3 Å². The van der Waals surface area contributed by atoms with Crippen LogP contribution in [0.1, 0.15) is 70.1 Å². The molecule has 0 amide bonds. The summed E-state index contributed by atoms with van der Waals surface area (Å²) in [6, 6.07) is 6.92. The SMILES string of the molecule is OC[C@H]1CCN(c2nc(-c3ccc4c(c3)ncn4C3CCCCC3)c3ncn(C4CCCCO4)c3n2)C[C@@H]1O. The van der Waals surface area contributed by atoms with Gasteiger partial charge in [-0.3, -0.25) is 4.57 Å². The maximum atomic E-state index is 10.6. The topological polar surface area (TPSA) is 114 Å². The molecule has 10 heteroatoms. The second kappa shape index (κ2) is 10.5. The van der Waals surface area contributed by atoms with Crippen LogP contribution in [0.3, 0.4) is 0 Å². The average Bonchev–Trinajstić information content (AvgIpc) is 3.62. The summed E-state index contributed by atoms with van der Waals surface area (Å²) in [7, 11) is 0. The fraction of sp³-hybridized carbons (Fsp3) is 0.586. The normalized spacial score (nSPS) is 25.1. The predicted octanol–water partition coefficient (Wildman–Crippen LogP) is 4.23. The summed E-state index contributed by atoms with van der Waals surface area (Å²) in [6.07, 6.45) is 13.2. The number of nitrogens with zero attached hydrogens (tertiary/aromatic N) is 7. The van der Waals surface area contributed by atoms with Crippen molar-refractivity contribution < 1.29 is 14.9 Å². The number of anilines is 1. The van der Waals surface area contributed by atoms with E-state index in [2.05, 4.69) is 22.8 Å². The van der Waals surface area contributed by atoms with Gasteiger partial charge >= 0.3 is 0 Å². The first-order valence-electron chi connectivity index (χ1n) is 14.6. The number of hydrogen-bond acceptors (Lipinski definition) is 8. The Labute approximate surface area is 227 Å². The van der Waals surface area contributed by atoms with Crippen LogP contribution in [0.15, 0.2) is 30.9 Å². The van der Waals surface area contributed by atoms with Crippen molar-refractivity contribution in [3.63, 3.8) is 0 Å². The van der Waals surface area contributed by atoms with Crippen LogP contribution in [0.4, 0.5) is 5.95 Å². The van der Waals surface area contributed by atoms with Crippen LogP contribution in [-0.2, 0) is 4.74 Å². The Morgan fingerprint density at radius 1 is 0.923 bits per heavy atom. The molecule has 3 aliphatic rings. The van der Waals surface area contributed by atoms with Crippen LogP contribution in [0, 0.1) is 5.92 Å². The molecule has 206 valence electrons. The molecule has 4 aromatic rings. The summed E-state index contributed by atoms with van der Waals surface area (Å²) in [6.45, 7) is 1.77. The first-order valence-corrected chi connectivity index (χ1v) is 14.6. The van der Waals surface area contributed by atoms with E-state index >= 15 is 0 Å². The first kappa shape index (κ1) is 24.9. The highest BCUT2D eigenvalue weighted by Crippen LogP contribution is 2.35. The quantitative estimate of drug-likeness (QED) is 0.393. The lowest BCUT2D eigenvalue weighted by atomic mass is 9.95. The highest BCUT2D eigenvalue weighted by Gasteiger charge is 2.30. The smallest absolute Gasteiger partial charge is 0.228 e. The molecule has 2 saturated heterocycles. The zero-order valence-electron chi connectivity index (χ0n) is 22.3. The molecular weight excluding hydrogens is 494 g/mol. The van der Waals surface area contributed by atoms with Crippen molar-refractivity contribution in [1.29, 1.82) is 0 Å². The molecule has 3 aromatic heterocycles. The third kappa shape index (κ3) is 4.58. The Morgan fingerprint density at radius 2 is 1.77 bits per heavy atom. The Bertz CT molecular complexity index is 1450. The van der Waals surface area contributed by atoms with Gasteiger partial charge in [0, 0.05) is 43.8 Å². The lowest BCUT2D eigenvalue weighted by molar-refractivity contribution is -0.0298. The lowest BCUT2D eigenvalue weighted by Crippen LogP contribution is -2.45. The molecule has 3 atom stereocenters. The van der Waals surface area contributed by atoms with Crippen molar-refractivity contribution in [1.82, 2.24) is 29.1 Å². The number of benzene rings is 1. The molecule has 1 saturated carbocycles. The number of β-amino-alcohol motifs (C(OH)–C–C–N with tert-alkyl or cyclic N) is 1. The minimum atomic E-state index is -0.627. The van der Waals surface area contributed by atoms with Gasteiger partial charge in [-0.05, 0) is 50.7 Å². The average molecular weight is 532 g/mol. The van der Waals surface area contributed by atoms with Gasteiger partial charge in [-0.2, -0.15) is 4.98 Å². The molecule has 7 rings (SSSR count). The third-order valence-corrected chi connectivity index (χ3v) is 8.93. The molecule has 5 heterocycles. The van der Waals surface area contributed by atoms with E-state index in [1.165, 1.54) is 32.1 Å². The van der Waals surface area contributed by atoms with Crippen LogP contribution in [-0.4, -0.2) is 71.7 Å². The van der Waals surface area contributed by atoms with Crippen LogP contribution in [0.25, 0.3) is 33.5 Å². The van der Waals surface area contributed by atoms with Crippen LogP contribution in [0.2, 0.25) is 0 Å². The maximum absolute atomic E-state index is 10.6. The molecule has 1 aromatic carbocycles. The van der Waals surface area contributed by atoms with Gasteiger partial charge in [0.1, 0.15) is 17.4 Å². The van der Waals surface area contributed by atoms with Crippen molar-refractivity contribution >= 4 is 28.1 Å². The van der Waals surface area contributed by atoms with Crippen molar-refractivity contribution in [2.45, 2.75) is 76.2 Å². The summed E-state index contributed by atoms with van der Waals surface area (Å²) in [5.74, 6) is 0.450. The maximum Gasteiger partial charge on any atom is 0.228 e. The fourth-order valence-corrected chi connectivity index (χ4v) is 6.61. The third-order valence-electron chi connectivity index (χ3n) is 8.93. The standard InChI is InChI=1S/C29H37N7O3/c37-16-20-11-12-34(15-24(20)38)29-32-26(27-28(33-29)36(18-31-27)25-8-4-5-13-39-25)19-9-10-23-22(14-19)30-17-35(23)21-6-2-1-3-7-21/h9-10,14,17-18,20-21,24-25,37-38H,1-8,11-13,15-16H2/t20-,24+,25?/m1/s1. The number of fused-ring (bicyclic) bond motifs is 2. The predicted molar refractivity (Wildman–Crippen MR) is 148 cm³/mol. The van der Waals surface area contributed by atoms with Crippen molar-refractivity contribution in [2.24, 2.45) is 5.92 Å². The van der Waals surface area contributed by atoms with E-state index in [1.807, 2.05) is 22.1 Å². The van der Waals surface area contributed by atoms with E-state index in [9.17, 15) is 10.2 Å². The Kier molecular flexibility index (Phi) is 6.70. The fourth-order valence-electron chi connectivity index (χ4n) is 6.61. The van der Waals surface area contributed by atoms with Crippen LogP contribution in [0.5, 0.6) is 0 Å². The zero-order valence-corrected chi connectivity index (χ0v) is 22.3. The molecule has 2 N–H and O–H groups in total. The number of hydrogen-bond donors (Lipinski definition) is 2. The molecule has 2 aliphatic heterocycles. The number of imidazole rings is 2. The second-order valence-electron chi connectivity index (χ2n) is 11.4. The number of aliphatic hydroxyl groups is 2. The summed E-state index contributed by atoms with van der Waals surface area (Å²) in [4.78, 5) is 21.6. The van der Waals surface area contributed by atoms with Gasteiger partial charge in [-0.15, -0.1) is 0 Å². The number of ether oxygens (including phenoxy) is 1. The van der Waals surface area contributed by atoms with Crippen molar-refractivity contribution in [3.05, 3.63) is 30.9 Å². The van der Waals surface area contributed by atoms with E-state index in [-0.39, 0.29) is 18.8 Å². The van der Waals surface area contributed by atoms with E-state index < -0.39 is 6.10 Å². The molecule has 3 fully saturated rings. The largest absolute Gasteiger partial charge is 0.396 e. The number of aliphatic hydroxyl groups excluding tert-OH is 2. The zero-order chi connectivity index (χ0) is 26.3. The lowest BCUT2D eigenvalue weighted by Gasteiger charge is -2.35. The molecule has 0 radical (unpaired) electrons. The molecule has 0 bridgehead atoms. The summed E-state index contributed by atoms with van der Waals surface area (Å²) >= 11 is 0. The Hall–Kier alpha value is -3.08. The van der Waals surface area contributed by atoms with Gasteiger partial charge in [0.15, 0.2) is 5.65 Å². The van der Waals surface area contributed by atoms with E-state index in [0.717, 1.165) is 59.3 Å². The summed E-state index contributed by atoms with van der Waals surface area (Å²) in [5, 5.41) is 20.3. The molecular formula is C29H37N7O3. The minimum absolute atomic E-state index is 0.0144. The van der Waals surface area contributed by atoms with Gasteiger partial charge in [0.2, 0.25) is 5.95 Å².